The van der Waals surface area contributed by atoms with Gasteiger partial charge in [0.25, 0.3) is 0 Å². The van der Waals surface area contributed by atoms with Gasteiger partial charge in [-0.05, 0) is 17.7 Å². The Morgan fingerprint density at radius 1 is 1.42 bits per heavy atom. The Labute approximate surface area is 113 Å². The molecule has 0 aliphatic rings. The molecule has 8 heteroatoms. The summed E-state index contributed by atoms with van der Waals surface area (Å²) in [7, 11) is -3.97. The Balaban J connectivity index is 2.23. The van der Waals surface area contributed by atoms with Crippen LogP contribution in [0.2, 0.25) is 0 Å². The number of aliphatic hydroxyl groups is 1. The number of nitrogens with one attached hydrogen (secondary N) is 1. The molecule has 5 nitrogen and oxygen atoms in total. The number of halogens is 1. The van der Waals surface area contributed by atoms with Gasteiger partial charge < -0.3 is 5.11 Å². The zero-order valence-corrected chi connectivity index (χ0v) is 11.3. The second kappa shape index (κ2) is 5.74. The van der Waals surface area contributed by atoms with Gasteiger partial charge in [0.05, 0.1) is 13.2 Å². The van der Waals surface area contributed by atoms with E-state index in [-0.39, 0.29) is 13.2 Å². The van der Waals surface area contributed by atoms with E-state index in [9.17, 15) is 12.8 Å². The highest BCUT2D eigenvalue weighted by Gasteiger charge is 2.19. The van der Waals surface area contributed by atoms with Gasteiger partial charge in [0.1, 0.15) is 15.7 Å². The molecule has 19 heavy (non-hydrogen) atoms. The van der Waals surface area contributed by atoms with Gasteiger partial charge in [-0.3, -0.25) is 0 Å². The van der Waals surface area contributed by atoms with E-state index in [4.69, 9.17) is 5.11 Å². The second-order valence-corrected chi connectivity index (χ2v) is 6.39. The van der Waals surface area contributed by atoms with Gasteiger partial charge in [-0.2, -0.15) is 0 Å². The molecule has 0 saturated heterocycles. The molecule has 0 saturated carbocycles. The fourth-order valence-electron chi connectivity index (χ4n) is 1.43. The molecule has 0 amide bonds. The molecule has 2 N–H and O–H groups in total. The van der Waals surface area contributed by atoms with Crippen molar-refractivity contribution in [2.75, 3.05) is 0 Å². The molecular formula is C11H11FN2O3S2. The van der Waals surface area contributed by atoms with Crippen LogP contribution in [0.25, 0.3) is 0 Å². The topological polar surface area (TPSA) is 79.3 Å². The van der Waals surface area contributed by atoms with Crippen molar-refractivity contribution in [1.29, 1.82) is 0 Å². The average molecular weight is 302 g/mol. The van der Waals surface area contributed by atoms with Crippen LogP contribution in [0, 0.1) is 5.82 Å². The molecular weight excluding hydrogens is 291 g/mol. The fraction of sp³-hybridized carbons (Fsp3) is 0.182. The molecule has 0 aliphatic carbocycles. The van der Waals surface area contributed by atoms with Gasteiger partial charge in [-0.1, -0.05) is 6.07 Å². The Kier molecular flexibility index (Phi) is 4.25. The minimum atomic E-state index is -3.97. The van der Waals surface area contributed by atoms with E-state index >= 15 is 0 Å². The van der Waals surface area contributed by atoms with E-state index in [1.54, 1.807) is 11.6 Å². The number of nitrogens with zero attached hydrogens (tertiary/aromatic N) is 1. The lowest BCUT2D eigenvalue weighted by molar-refractivity contribution is 0.281. The zero-order chi connectivity index (χ0) is 13.9. The molecule has 0 radical (unpaired) electrons. The Hall–Kier alpha value is -1.35. The number of aliphatic hydroxyl groups excluding tert-OH is 1. The molecule has 102 valence electrons. The van der Waals surface area contributed by atoms with Crippen LogP contribution in [-0.4, -0.2) is 18.5 Å². The van der Waals surface area contributed by atoms with Gasteiger partial charge in [0.2, 0.25) is 10.0 Å². The van der Waals surface area contributed by atoms with Gasteiger partial charge >= 0.3 is 0 Å². The molecule has 1 heterocycles. The van der Waals surface area contributed by atoms with Crippen molar-refractivity contribution in [3.63, 3.8) is 0 Å². The summed E-state index contributed by atoms with van der Waals surface area (Å²) in [5.74, 6) is -0.858. The van der Waals surface area contributed by atoms with Crippen LogP contribution in [0.3, 0.4) is 0 Å². The van der Waals surface area contributed by atoms with E-state index < -0.39 is 20.7 Å². The SMILES string of the molecule is O=S(=O)(NCc1nccs1)c1cc(CO)ccc1F. The minimum Gasteiger partial charge on any atom is -0.392 e. The maximum Gasteiger partial charge on any atom is 0.243 e. The van der Waals surface area contributed by atoms with E-state index in [0.717, 1.165) is 12.1 Å². The summed E-state index contributed by atoms with van der Waals surface area (Å²) in [5, 5.41) is 11.3. The average Bonchev–Trinajstić information content (AvgIpc) is 2.90. The third kappa shape index (κ3) is 3.35. The maximum absolute atomic E-state index is 13.6. The Bertz CT molecular complexity index is 657. The summed E-state index contributed by atoms with van der Waals surface area (Å²) in [6.07, 6.45) is 1.56. The van der Waals surface area contributed by atoms with E-state index in [2.05, 4.69) is 9.71 Å². The largest absolute Gasteiger partial charge is 0.392 e. The van der Waals surface area contributed by atoms with Crippen LogP contribution in [-0.2, 0) is 23.2 Å². The Morgan fingerprint density at radius 3 is 2.84 bits per heavy atom. The first-order valence-electron chi connectivity index (χ1n) is 5.30. The summed E-state index contributed by atoms with van der Waals surface area (Å²) < 4.78 is 39.7. The molecule has 0 spiro atoms. The lowest BCUT2D eigenvalue weighted by atomic mass is 10.2. The van der Waals surface area contributed by atoms with Crippen LogP contribution in [0.5, 0.6) is 0 Å². The third-order valence-corrected chi connectivity index (χ3v) is 4.56. The summed E-state index contributed by atoms with van der Waals surface area (Å²) in [4.78, 5) is 3.45. The van der Waals surface area contributed by atoms with E-state index in [1.165, 1.54) is 17.4 Å². The summed E-state index contributed by atoms with van der Waals surface area (Å²) >= 11 is 1.30. The highest BCUT2D eigenvalue weighted by atomic mass is 32.2. The molecule has 0 bridgehead atoms. The van der Waals surface area contributed by atoms with Crippen molar-refractivity contribution >= 4 is 21.4 Å². The van der Waals surface area contributed by atoms with Crippen LogP contribution < -0.4 is 4.72 Å². The first-order valence-corrected chi connectivity index (χ1v) is 7.66. The first-order chi connectivity index (χ1) is 9.03. The van der Waals surface area contributed by atoms with Gasteiger partial charge in [-0.15, -0.1) is 11.3 Å². The number of rotatable bonds is 5. The van der Waals surface area contributed by atoms with Gasteiger partial charge in [0, 0.05) is 11.6 Å². The number of aromatic nitrogens is 1. The van der Waals surface area contributed by atoms with E-state index in [0.29, 0.717) is 10.6 Å². The molecule has 1 aromatic heterocycles. The van der Waals surface area contributed by atoms with Gasteiger partial charge in [0.15, 0.2) is 0 Å². The maximum atomic E-state index is 13.6. The van der Waals surface area contributed by atoms with Crippen molar-refractivity contribution in [2.45, 2.75) is 18.0 Å². The van der Waals surface area contributed by atoms with Crippen LogP contribution in [0.1, 0.15) is 10.6 Å². The minimum absolute atomic E-state index is 0.00277. The predicted octanol–water partition coefficient (Wildman–Crippen LogP) is 1.25. The van der Waals surface area contributed by atoms with Crippen molar-refractivity contribution in [1.82, 2.24) is 9.71 Å². The first kappa shape index (κ1) is 14.1. The highest BCUT2D eigenvalue weighted by Crippen LogP contribution is 2.17. The second-order valence-electron chi connectivity index (χ2n) is 3.67. The number of thiazole rings is 1. The normalized spacial score (nSPS) is 11.7. The number of benzene rings is 1. The summed E-state index contributed by atoms with van der Waals surface area (Å²) in [5.41, 5.74) is 0.330. The van der Waals surface area contributed by atoms with Crippen molar-refractivity contribution in [3.05, 3.63) is 46.2 Å². The molecule has 0 fully saturated rings. The van der Waals surface area contributed by atoms with Crippen LogP contribution in [0.15, 0.2) is 34.7 Å². The smallest absolute Gasteiger partial charge is 0.243 e. The molecule has 0 atom stereocenters. The molecule has 2 rings (SSSR count). The van der Waals surface area contributed by atoms with Crippen LogP contribution in [0.4, 0.5) is 4.39 Å². The predicted molar refractivity (Wildman–Crippen MR) is 68.5 cm³/mol. The lowest BCUT2D eigenvalue weighted by Gasteiger charge is -2.07. The quantitative estimate of drug-likeness (QED) is 0.871. The fourth-order valence-corrected chi connectivity index (χ4v) is 3.19. The van der Waals surface area contributed by atoms with Crippen molar-refractivity contribution in [2.24, 2.45) is 0 Å². The Morgan fingerprint density at radius 2 is 2.21 bits per heavy atom. The number of sulfonamides is 1. The van der Waals surface area contributed by atoms with Gasteiger partial charge in [-0.25, -0.2) is 22.5 Å². The number of hydrogen-bond acceptors (Lipinski definition) is 5. The number of hydrogen-bond donors (Lipinski definition) is 2. The molecule has 0 unspecified atom stereocenters. The molecule has 0 aliphatic heterocycles. The zero-order valence-electron chi connectivity index (χ0n) is 9.71. The van der Waals surface area contributed by atoms with Crippen LogP contribution >= 0.6 is 11.3 Å². The third-order valence-electron chi connectivity index (χ3n) is 2.36. The van der Waals surface area contributed by atoms with Crippen molar-refractivity contribution in [3.8, 4) is 0 Å². The lowest BCUT2D eigenvalue weighted by Crippen LogP contribution is -2.24. The van der Waals surface area contributed by atoms with Crippen molar-refractivity contribution < 1.29 is 17.9 Å². The highest BCUT2D eigenvalue weighted by molar-refractivity contribution is 7.89. The molecule has 1 aromatic carbocycles. The standard InChI is InChI=1S/C11H11FN2O3S2/c12-9-2-1-8(7-15)5-10(9)19(16,17)14-6-11-13-3-4-18-11/h1-5,14-15H,6-7H2. The monoisotopic (exact) mass is 302 g/mol. The molecule has 2 aromatic rings. The summed E-state index contributed by atoms with van der Waals surface area (Å²) in [6, 6.07) is 3.46. The summed E-state index contributed by atoms with van der Waals surface area (Å²) in [6.45, 7) is -0.349. The van der Waals surface area contributed by atoms with E-state index in [1.807, 2.05) is 0 Å².